The van der Waals surface area contributed by atoms with E-state index >= 15 is 0 Å². The Morgan fingerprint density at radius 1 is 1.00 bits per heavy atom. The van der Waals surface area contributed by atoms with Crippen molar-refractivity contribution in [2.24, 2.45) is 5.73 Å². The highest BCUT2D eigenvalue weighted by Gasteiger charge is 2.12. The van der Waals surface area contributed by atoms with Crippen LogP contribution >= 0.6 is 0 Å². The third kappa shape index (κ3) is 2.45. The molecule has 2 aromatic carbocycles. The van der Waals surface area contributed by atoms with Gasteiger partial charge in [0, 0.05) is 0 Å². The van der Waals surface area contributed by atoms with E-state index in [-0.39, 0.29) is 6.04 Å². The van der Waals surface area contributed by atoms with Crippen molar-refractivity contribution in [1.29, 1.82) is 0 Å². The third-order valence-corrected chi connectivity index (χ3v) is 3.03. The highest BCUT2D eigenvalue weighted by molar-refractivity contribution is 5.71. The molecule has 1 unspecified atom stereocenters. The molecule has 0 aliphatic rings. The second-order valence-electron chi connectivity index (χ2n) is 4.23. The van der Waals surface area contributed by atoms with Crippen LogP contribution in [0.2, 0.25) is 0 Å². The molecule has 2 N–H and O–H groups in total. The summed E-state index contributed by atoms with van der Waals surface area (Å²) < 4.78 is 0. The molecular formula is C16H17N. The van der Waals surface area contributed by atoms with Crippen LogP contribution in [0.15, 0.2) is 61.2 Å². The van der Waals surface area contributed by atoms with Crippen molar-refractivity contribution in [3.63, 3.8) is 0 Å². The maximum Gasteiger partial charge on any atom is 0.0551 e. The van der Waals surface area contributed by atoms with Gasteiger partial charge in [-0.1, -0.05) is 61.2 Å². The average molecular weight is 223 g/mol. The Labute approximate surface area is 103 Å². The predicted molar refractivity (Wildman–Crippen MR) is 73.6 cm³/mol. The molecule has 0 fully saturated rings. The van der Waals surface area contributed by atoms with E-state index in [9.17, 15) is 0 Å². The van der Waals surface area contributed by atoms with Gasteiger partial charge in [-0.15, -0.1) is 0 Å². The van der Waals surface area contributed by atoms with Gasteiger partial charge in [-0.3, -0.25) is 0 Å². The summed E-state index contributed by atoms with van der Waals surface area (Å²) in [4.78, 5) is 0. The molecule has 86 valence electrons. The number of aryl methyl sites for hydroxylation is 1. The lowest BCUT2D eigenvalue weighted by molar-refractivity contribution is 0.933. The van der Waals surface area contributed by atoms with Crippen LogP contribution in [-0.2, 0) is 0 Å². The van der Waals surface area contributed by atoms with Gasteiger partial charge in [0.15, 0.2) is 0 Å². The molecule has 0 amide bonds. The van der Waals surface area contributed by atoms with Crippen LogP contribution in [0, 0.1) is 6.92 Å². The van der Waals surface area contributed by atoms with Gasteiger partial charge in [-0.05, 0) is 29.2 Å². The van der Waals surface area contributed by atoms with Crippen LogP contribution in [0.25, 0.3) is 5.57 Å². The molecule has 0 aliphatic heterocycles. The molecule has 2 rings (SSSR count). The Bertz CT molecular complexity index is 514. The molecule has 0 saturated carbocycles. The molecule has 0 aliphatic carbocycles. The van der Waals surface area contributed by atoms with Crippen LogP contribution in [0.4, 0.5) is 0 Å². The van der Waals surface area contributed by atoms with Gasteiger partial charge < -0.3 is 5.73 Å². The Balaban J connectivity index is 2.30. The van der Waals surface area contributed by atoms with E-state index in [2.05, 4.69) is 25.6 Å². The SMILES string of the molecule is C=C(c1ccccc1C)C(N)c1ccccc1. The average Bonchev–Trinajstić information content (AvgIpc) is 2.39. The molecule has 1 heteroatoms. The smallest absolute Gasteiger partial charge is 0.0551 e. The largest absolute Gasteiger partial charge is 0.320 e. The van der Waals surface area contributed by atoms with Gasteiger partial charge in [0.1, 0.15) is 0 Å². The van der Waals surface area contributed by atoms with E-state index in [1.807, 2.05) is 42.5 Å². The quantitative estimate of drug-likeness (QED) is 0.843. The van der Waals surface area contributed by atoms with Crippen LogP contribution in [-0.4, -0.2) is 0 Å². The molecule has 0 heterocycles. The topological polar surface area (TPSA) is 26.0 Å². The lowest BCUT2D eigenvalue weighted by Gasteiger charge is -2.17. The second kappa shape index (κ2) is 4.98. The fourth-order valence-corrected chi connectivity index (χ4v) is 1.96. The molecule has 1 atom stereocenters. The van der Waals surface area contributed by atoms with Crippen molar-refractivity contribution >= 4 is 5.57 Å². The Kier molecular flexibility index (Phi) is 3.40. The van der Waals surface area contributed by atoms with Gasteiger partial charge in [-0.2, -0.15) is 0 Å². The first-order valence-corrected chi connectivity index (χ1v) is 5.75. The molecule has 0 bridgehead atoms. The highest BCUT2D eigenvalue weighted by atomic mass is 14.6. The lowest BCUT2D eigenvalue weighted by atomic mass is 9.92. The van der Waals surface area contributed by atoms with E-state index in [4.69, 9.17) is 5.73 Å². The third-order valence-electron chi connectivity index (χ3n) is 3.03. The summed E-state index contributed by atoms with van der Waals surface area (Å²) in [5.41, 5.74) is 10.7. The summed E-state index contributed by atoms with van der Waals surface area (Å²) in [6, 6.07) is 18.1. The number of nitrogens with two attached hydrogens (primary N) is 1. The van der Waals surface area contributed by atoms with Crippen molar-refractivity contribution in [3.05, 3.63) is 77.9 Å². The van der Waals surface area contributed by atoms with Crippen molar-refractivity contribution < 1.29 is 0 Å². The minimum absolute atomic E-state index is 0.141. The van der Waals surface area contributed by atoms with Crippen molar-refractivity contribution in [2.75, 3.05) is 0 Å². The molecule has 17 heavy (non-hydrogen) atoms. The molecule has 2 aromatic rings. The highest BCUT2D eigenvalue weighted by Crippen LogP contribution is 2.27. The first-order chi connectivity index (χ1) is 8.20. The van der Waals surface area contributed by atoms with E-state index in [0.29, 0.717) is 0 Å². The summed E-state index contributed by atoms with van der Waals surface area (Å²) >= 11 is 0. The van der Waals surface area contributed by atoms with E-state index in [1.54, 1.807) is 0 Å². The molecule has 1 nitrogen and oxygen atoms in total. The van der Waals surface area contributed by atoms with E-state index in [0.717, 1.165) is 16.7 Å². The number of hydrogen-bond acceptors (Lipinski definition) is 1. The van der Waals surface area contributed by atoms with Crippen LogP contribution in [0.5, 0.6) is 0 Å². The Hall–Kier alpha value is -1.86. The number of hydrogen-bond donors (Lipinski definition) is 1. The zero-order chi connectivity index (χ0) is 12.3. The summed E-state index contributed by atoms with van der Waals surface area (Å²) in [5.74, 6) is 0. The Morgan fingerprint density at radius 2 is 1.59 bits per heavy atom. The van der Waals surface area contributed by atoms with Gasteiger partial charge in [0.25, 0.3) is 0 Å². The lowest BCUT2D eigenvalue weighted by Crippen LogP contribution is -2.12. The Morgan fingerprint density at radius 3 is 2.24 bits per heavy atom. The summed E-state index contributed by atoms with van der Waals surface area (Å²) in [7, 11) is 0. The first-order valence-electron chi connectivity index (χ1n) is 5.75. The van der Waals surface area contributed by atoms with Crippen molar-refractivity contribution in [1.82, 2.24) is 0 Å². The molecule has 0 spiro atoms. The maximum atomic E-state index is 6.24. The van der Waals surface area contributed by atoms with Gasteiger partial charge in [0.2, 0.25) is 0 Å². The molecular weight excluding hydrogens is 206 g/mol. The summed E-state index contributed by atoms with van der Waals surface area (Å²) in [5, 5.41) is 0. The maximum absolute atomic E-state index is 6.24. The van der Waals surface area contributed by atoms with E-state index in [1.165, 1.54) is 5.56 Å². The van der Waals surface area contributed by atoms with Crippen LogP contribution < -0.4 is 5.73 Å². The fraction of sp³-hybridized carbons (Fsp3) is 0.125. The predicted octanol–water partition coefficient (Wildman–Crippen LogP) is 3.71. The molecule has 0 saturated heterocycles. The van der Waals surface area contributed by atoms with Gasteiger partial charge in [0.05, 0.1) is 6.04 Å². The minimum Gasteiger partial charge on any atom is -0.320 e. The van der Waals surface area contributed by atoms with Crippen LogP contribution in [0.3, 0.4) is 0 Å². The zero-order valence-electron chi connectivity index (χ0n) is 10.1. The standard InChI is InChI=1S/C16H17N/c1-12-8-6-7-11-15(12)13(2)16(17)14-9-4-3-5-10-14/h3-11,16H,2,17H2,1H3. The van der Waals surface area contributed by atoms with Crippen molar-refractivity contribution in [2.45, 2.75) is 13.0 Å². The first kappa shape index (κ1) is 11.6. The second-order valence-corrected chi connectivity index (χ2v) is 4.23. The summed E-state index contributed by atoms with van der Waals surface area (Å²) in [6.45, 7) is 6.22. The number of benzene rings is 2. The van der Waals surface area contributed by atoms with Crippen molar-refractivity contribution in [3.8, 4) is 0 Å². The fourth-order valence-electron chi connectivity index (χ4n) is 1.96. The minimum atomic E-state index is -0.141. The molecule has 0 radical (unpaired) electrons. The molecule has 0 aromatic heterocycles. The van der Waals surface area contributed by atoms with E-state index < -0.39 is 0 Å². The zero-order valence-corrected chi connectivity index (χ0v) is 10.1. The van der Waals surface area contributed by atoms with Crippen LogP contribution in [0.1, 0.15) is 22.7 Å². The van der Waals surface area contributed by atoms with Gasteiger partial charge in [-0.25, -0.2) is 0 Å². The number of rotatable bonds is 3. The summed E-state index contributed by atoms with van der Waals surface area (Å²) in [6.07, 6.45) is 0. The van der Waals surface area contributed by atoms with Gasteiger partial charge >= 0.3 is 0 Å². The monoisotopic (exact) mass is 223 g/mol. The normalized spacial score (nSPS) is 12.1.